The van der Waals surface area contributed by atoms with Crippen molar-refractivity contribution in [1.29, 1.82) is 0 Å². The largest absolute Gasteiger partial charge is 0.574 e. The summed E-state index contributed by atoms with van der Waals surface area (Å²) in [6.45, 7) is 0. The summed E-state index contributed by atoms with van der Waals surface area (Å²) in [5, 5.41) is 10.5. The van der Waals surface area contributed by atoms with Crippen LogP contribution in [-0.2, 0) is 6.18 Å². The number of hydrogen-bond donors (Lipinski definition) is 0. The van der Waals surface area contributed by atoms with Gasteiger partial charge in [0.2, 0.25) is 5.88 Å². The van der Waals surface area contributed by atoms with Crippen LogP contribution in [0.3, 0.4) is 0 Å². The van der Waals surface area contributed by atoms with E-state index < -0.39 is 40.5 Å². The zero-order valence-corrected chi connectivity index (χ0v) is 9.37. The summed E-state index contributed by atoms with van der Waals surface area (Å²) in [5.74, 6) is -2.92. The average Bonchev–Trinajstić information content (AvgIpc) is 2.24. The molecule has 0 spiro atoms. The molecule has 1 rings (SSSR count). The Morgan fingerprint density at radius 3 is 2.10 bits per heavy atom. The van der Waals surface area contributed by atoms with Gasteiger partial charge in [-0.05, 0) is 0 Å². The molecule has 20 heavy (non-hydrogen) atoms. The molecule has 0 fully saturated rings. The number of halogens is 6. The van der Waals surface area contributed by atoms with Gasteiger partial charge in [0.15, 0.2) is 0 Å². The van der Waals surface area contributed by atoms with Crippen LogP contribution in [0, 0.1) is 10.1 Å². The third-order valence-electron chi connectivity index (χ3n) is 1.84. The Balaban J connectivity index is 3.50. The van der Waals surface area contributed by atoms with Gasteiger partial charge >= 0.3 is 24.1 Å². The third-order valence-corrected chi connectivity index (χ3v) is 1.84. The van der Waals surface area contributed by atoms with E-state index in [0.717, 1.165) is 0 Å². The standard InChI is InChI=1S/C8H4F6N2O4/c1-19-5-3(7(9,10)11)2-4(16(17)18)6(15-5)20-8(12,13)14/h2H,1H3. The number of aromatic nitrogens is 1. The smallest absolute Gasteiger partial charge is 0.480 e. The van der Waals surface area contributed by atoms with Crippen molar-refractivity contribution in [3.63, 3.8) is 0 Å². The summed E-state index contributed by atoms with van der Waals surface area (Å²) < 4.78 is 81.0. The van der Waals surface area contributed by atoms with Crippen LogP contribution < -0.4 is 9.47 Å². The maximum atomic E-state index is 12.5. The molecule has 12 heteroatoms. The molecular weight excluding hydrogens is 302 g/mol. The first-order valence-corrected chi connectivity index (χ1v) is 4.52. The van der Waals surface area contributed by atoms with Gasteiger partial charge in [-0.2, -0.15) is 18.2 Å². The molecule has 0 aliphatic carbocycles. The number of nitrogens with zero attached hydrogens (tertiary/aromatic N) is 2. The molecule has 0 atom stereocenters. The summed E-state index contributed by atoms with van der Waals surface area (Å²) in [6, 6.07) is -0.146. The quantitative estimate of drug-likeness (QED) is 0.487. The van der Waals surface area contributed by atoms with Gasteiger partial charge in [0.05, 0.1) is 12.0 Å². The maximum Gasteiger partial charge on any atom is 0.574 e. The molecule has 1 heterocycles. The molecule has 0 aliphatic heterocycles. The number of hydrogen-bond acceptors (Lipinski definition) is 5. The molecule has 0 radical (unpaired) electrons. The van der Waals surface area contributed by atoms with E-state index in [2.05, 4.69) is 14.5 Å². The molecule has 6 nitrogen and oxygen atoms in total. The molecule has 1 aromatic rings. The van der Waals surface area contributed by atoms with Crippen molar-refractivity contribution in [1.82, 2.24) is 4.98 Å². The fraction of sp³-hybridized carbons (Fsp3) is 0.375. The molecule has 0 aromatic carbocycles. The lowest BCUT2D eigenvalue weighted by Gasteiger charge is -2.13. The van der Waals surface area contributed by atoms with Crippen LogP contribution in [0.25, 0.3) is 0 Å². The van der Waals surface area contributed by atoms with Crippen LogP contribution in [0.2, 0.25) is 0 Å². The van der Waals surface area contributed by atoms with Gasteiger partial charge in [-0.25, -0.2) is 0 Å². The first-order valence-electron chi connectivity index (χ1n) is 4.52. The van der Waals surface area contributed by atoms with Gasteiger partial charge < -0.3 is 9.47 Å². The van der Waals surface area contributed by atoms with E-state index in [4.69, 9.17) is 0 Å². The van der Waals surface area contributed by atoms with E-state index in [1.54, 1.807) is 0 Å². The first kappa shape index (κ1) is 15.8. The summed E-state index contributed by atoms with van der Waals surface area (Å²) in [5.41, 5.74) is -3.28. The number of ether oxygens (including phenoxy) is 2. The molecule has 0 aliphatic rings. The lowest BCUT2D eigenvalue weighted by atomic mass is 10.2. The minimum atomic E-state index is -5.36. The number of alkyl halides is 6. The van der Waals surface area contributed by atoms with E-state index >= 15 is 0 Å². The summed E-state index contributed by atoms with van der Waals surface area (Å²) >= 11 is 0. The molecular formula is C8H4F6N2O4. The summed E-state index contributed by atoms with van der Waals surface area (Å²) in [4.78, 5) is 11.8. The van der Waals surface area contributed by atoms with Crippen LogP contribution in [0.5, 0.6) is 11.8 Å². The minimum Gasteiger partial charge on any atom is -0.480 e. The Hall–Kier alpha value is -2.27. The summed E-state index contributed by atoms with van der Waals surface area (Å²) in [6.07, 6.45) is -10.5. The molecule has 0 saturated carbocycles. The SMILES string of the molecule is COc1nc(OC(F)(F)F)c([N+](=O)[O-])cc1C(F)(F)F. The highest BCUT2D eigenvalue weighted by molar-refractivity contribution is 5.48. The van der Waals surface area contributed by atoms with E-state index in [1.807, 2.05) is 0 Å². The van der Waals surface area contributed by atoms with Gasteiger partial charge in [0.25, 0.3) is 0 Å². The van der Waals surface area contributed by atoms with Crippen LogP contribution in [0.1, 0.15) is 5.56 Å². The van der Waals surface area contributed by atoms with Crippen LogP contribution in [0.4, 0.5) is 32.0 Å². The lowest BCUT2D eigenvalue weighted by Crippen LogP contribution is -2.20. The summed E-state index contributed by atoms with van der Waals surface area (Å²) in [7, 11) is 0.709. The van der Waals surface area contributed by atoms with E-state index in [-0.39, 0.29) is 6.07 Å². The van der Waals surface area contributed by atoms with Gasteiger partial charge in [0.1, 0.15) is 5.56 Å². The molecule has 0 N–H and O–H groups in total. The van der Waals surface area contributed by atoms with Crippen molar-refractivity contribution < 1.29 is 40.7 Å². The van der Waals surface area contributed by atoms with Crippen molar-refractivity contribution in [2.75, 3.05) is 7.11 Å². The highest BCUT2D eigenvalue weighted by atomic mass is 19.4. The molecule has 0 amide bonds. The minimum absolute atomic E-state index is 0.146. The predicted molar refractivity (Wildman–Crippen MR) is 49.1 cm³/mol. The predicted octanol–water partition coefficient (Wildman–Crippen LogP) is 2.92. The second-order valence-electron chi connectivity index (χ2n) is 3.17. The molecule has 0 unspecified atom stereocenters. The van der Waals surface area contributed by atoms with E-state index in [1.165, 1.54) is 0 Å². The number of methoxy groups -OCH3 is 1. The monoisotopic (exact) mass is 306 g/mol. The lowest BCUT2D eigenvalue weighted by molar-refractivity contribution is -0.389. The van der Waals surface area contributed by atoms with Crippen molar-refractivity contribution in [3.8, 4) is 11.8 Å². The van der Waals surface area contributed by atoms with Crippen molar-refractivity contribution in [2.45, 2.75) is 12.5 Å². The fourth-order valence-electron chi connectivity index (χ4n) is 1.14. The highest BCUT2D eigenvalue weighted by Gasteiger charge is 2.41. The third kappa shape index (κ3) is 3.61. The van der Waals surface area contributed by atoms with Crippen LogP contribution in [0.15, 0.2) is 6.07 Å². The fourth-order valence-corrected chi connectivity index (χ4v) is 1.14. The first-order chi connectivity index (χ1) is 8.95. The molecule has 0 saturated heterocycles. The Morgan fingerprint density at radius 1 is 1.20 bits per heavy atom. The Kier molecular flexibility index (Phi) is 3.96. The van der Waals surface area contributed by atoms with Gasteiger partial charge in [-0.3, -0.25) is 10.1 Å². The van der Waals surface area contributed by atoms with E-state index in [9.17, 15) is 36.5 Å². The number of rotatable bonds is 3. The molecule has 0 bridgehead atoms. The number of nitro groups is 1. The maximum absolute atomic E-state index is 12.5. The topological polar surface area (TPSA) is 74.5 Å². The van der Waals surface area contributed by atoms with Crippen molar-refractivity contribution >= 4 is 5.69 Å². The number of pyridine rings is 1. The second kappa shape index (κ2) is 5.02. The Labute approximate surface area is 106 Å². The highest BCUT2D eigenvalue weighted by Crippen LogP contribution is 2.41. The van der Waals surface area contributed by atoms with Crippen molar-refractivity contribution in [3.05, 3.63) is 21.7 Å². The van der Waals surface area contributed by atoms with Crippen molar-refractivity contribution in [2.24, 2.45) is 0 Å². The van der Waals surface area contributed by atoms with Gasteiger partial charge in [-0.15, -0.1) is 13.2 Å². The Bertz CT molecular complexity index is 527. The normalized spacial score (nSPS) is 12.2. The average molecular weight is 306 g/mol. The Morgan fingerprint density at radius 2 is 1.75 bits per heavy atom. The molecule has 112 valence electrons. The molecule has 1 aromatic heterocycles. The van der Waals surface area contributed by atoms with Crippen LogP contribution >= 0.6 is 0 Å². The van der Waals surface area contributed by atoms with Crippen LogP contribution in [-0.4, -0.2) is 23.4 Å². The zero-order valence-electron chi connectivity index (χ0n) is 9.37. The zero-order chi connectivity index (χ0) is 15.7. The second-order valence-corrected chi connectivity index (χ2v) is 3.17. The van der Waals surface area contributed by atoms with Gasteiger partial charge in [0, 0.05) is 6.07 Å². The van der Waals surface area contributed by atoms with Gasteiger partial charge in [-0.1, -0.05) is 0 Å². The van der Waals surface area contributed by atoms with E-state index in [0.29, 0.717) is 7.11 Å².